The van der Waals surface area contributed by atoms with Gasteiger partial charge in [-0.25, -0.2) is 0 Å². The fraction of sp³-hybridized carbons (Fsp3) is 0.429. The average molecular weight is 521 g/mol. The second-order valence-electron chi connectivity index (χ2n) is 7.65. The summed E-state index contributed by atoms with van der Waals surface area (Å²) < 4.78 is 71.3. The first kappa shape index (κ1) is 32.9. The molecule has 2 N–H and O–H groups in total. The fourth-order valence-corrected chi connectivity index (χ4v) is 3.93. The molecule has 0 saturated heterocycles. The van der Waals surface area contributed by atoms with Gasteiger partial charge in [-0.3, -0.25) is 9.11 Å². The van der Waals surface area contributed by atoms with E-state index in [2.05, 4.69) is 13.8 Å². The summed E-state index contributed by atoms with van der Waals surface area (Å²) in [5.41, 5.74) is 1.81. The molecule has 0 atom stereocenters. The van der Waals surface area contributed by atoms with Crippen LogP contribution in [-0.2, 0) is 25.7 Å². The number of rotatable bonds is 12. The van der Waals surface area contributed by atoms with Gasteiger partial charge in [0.25, 0.3) is 20.2 Å². The van der Waals surface area contributed by atoms with Crippen molar-refractivity contribution in [2.75, 3.05) is 24.7 Å². The maximum Gasteiger partial charge on any atom is 1.00 e. The van der Waals surface area contributed by atoms with Crippen LogP contribution in [0.1, 0.15) is 40.7 Å². The van der Waals surface area contributed by atoms with Gasteiger partial charge in [0, 0.05) is 5.41 Å². The first-order valence-corrected chi connectivity index (χ1v) is 13.0. The Morgan fingerprint density at radius 1 is 0.697 bits per heavy atom. The van der Waals surface area contributed by atoms with Crippen molar-refractivity contribution >= 4 is 20.2 Å². The summed E-state index contributed by atoms with van der Waals surface area (Å²) >= 11 is 0. The third-order valence-corrected chi connectivity index (χ3v) is 6.39. The molecule has 2 aromatic rings. The molecule has 0 aliphatic heterocycles. The van der Waals surface area contributed by atoms with Crippen LogP contribution in [0.2, 0.25) is 0 Å². The Morgan fingerprint density at radius 2 is 1.00 bits per heavy atom. The molecular weight excluding hydrogens is 490 g/mol. The van der Waals surface area contributed by atoms with Crippen LogP contribution >= 0.6 is 0 Å². The summed E-state index contributed by atoms with van der Waals surface area (Å²) in [6, 6.07) is 15.0. The molecule has 176 valence electrons. The van der Waals surface area contributed by atoms with Gasteiger partial charge in [-0.15, -0.1) is 0 Å². The Balaban J connectivity index is -0.00000256. The summed E-state index contributed by atoms with van der Waals surface area (Å²) in [6.45, 7) is 4.54. The Hall–Kier alpha value is -0.140. The van der Waals surface area contributed by atoms with Crippen LogP contribution in [-0.4, -0.2) is 50.7 Å². The van der Waals surface area contributed by atoms with E-state index in [4.69, 9.17) is 18.6 Å². The van der Waals surface area contributed by atoms with Crippen LogP contribution in [0.4, 0.5) is 0 Å². The van der Waals surface area contributed by atoms with Crippen molar-refractivity contribution in [2.45, 2.75) is 32.1 Å². The molecule has 8 nitrogen and oxygen atoms in total. The Bertz CT molecular complexity index is 978. The molecule has 33 heavy (non-hydrogen) atoms. The van der Waals surface area contributed by atoms with Crippen LogP contribution in [0.5, 0.6) is 11.5 Å². The van der Waals surface area contributed by atoms with Gasteiger partial charge in [-0.2, -0.15) is 16.8 Å². The van der Waals surface area contributed by atoms with E-state index in [0.29, 0.717) is 11.5 Å². The van der Waals surface area contributed by atoms with E-state index in [0.717, 1.165) is 11.1 Å². The molecule has 0 heterocycles. The smallest absolute Gasteiger partial charge is 1.00 e. The summed E-state index contributed by atoms with van der Waals surface area (Å²) in [7, 11) is -7.95. The van der Waals surface area contributed by atoms with Crippen LogP contribution in [0.15, 0.2) is 48.5 Å². The molecule has 0 aliphatic rings. The van der Waals surface area contributed by atoms with Crippen LogP contribution in [0, 0.1) is 0 Å². The van der Waals surface area contributed by atoms with E-state index in [1.54, 1.807) is 0 Å². The molecule has 0 spiro atoms. The number of hydrogen-bond acceptors (Lipinski definition) is 6. The van der Waals surface area contributed by atoms with E-state index >= 15 is 0 Å². The molecule has 0 aromatic heterocycles. The minimum absolute atomic E-state index is 0. The zero-order valence-corrected chi connectivity index (χ0v) is 25.2. The van der Waals surface area contributed by atoms with Crippen molar-refractivity contribution in [2.24, 2.45) is 0 Å². The molecule has 12 heteroatoms. The maximum atomic E-state index is 10.7. The third kappa shape index (κ3) is 12.4. The molecule has 0 fully saturated rings. The predicted molar refractivity (Wildman–Crippen MR) is 120 cm³/mol. The largest absolute Gasteiger partial charge is 1.00 e. The van der Waals surface area contributed by atoms with Gasteiger partial charge in [-0.05, 0) is 48.2 Å². The monoisotopic (exact) mass is 520 g/mol. The van der Waals surface area contributed by atoms with Crippen molar-refractivity contribution in [1.29, 1.82) is 0 Å². The molecule has 0 radical (unpaired) electrons. The number of benzene rings is 2. The molecule has 0 saturated carbocycles. The van der Waals surface area contributed by atoms with E-state index in [1.807, 2.05) is 48.5 Å². The standard InChI is InChI=1S/C21H28O8S2.2Na.2H/c1-21(2,17-5-9-19(10-6-17)28-13-3-15-30(22,23)24)18-7-11-20(12-8-18)29-14-4-16-31(25,26)27;;;;/h5-12H,3-4,13-16H2,1-2H3,(H,22,23,24)(H,25,26,27);;;;/q;2*+1;2*-1. The normalized spacial score (nSPS) is 11.8. The summed E-state index contributed by atoms with van der Waals surface area (Å²) in [5, 5.41) is 0. The van der Waals surface area contributed by atoms with Crippen molar-refractivity contribution < 1.29 is 97.4 Å². The molecule has 0 amide bonds. The van der Waals surface area contributed by atoms with Gasteiger partial charge in [0.15, 0.2) is 0 Å². The number of hydrogen-bond donors (Lipinski definition) is 2. The summed E-state index contributed by atoms with van der Waals surface area (Å²) in [4.78, 5) is 0. The predicted octanol–water partition coefficient (Wildman–Crippen LogP) is -2.44. The second kappa shape index (κ2) is 14.4. The van der Waals surface area contributed by atoms with E-state index < -0.39 is 20.2 Å². The maximum absolute atomic E-state index is 10.7. The third-order valence-electron chi connectivity index (χ3n) is 4.78. The minimum atomic E-state index is -3.97. The first-order valence-electron chi connectivity index (χ1n) is 9.74. The van der Waals surface area contributed by atoms with Crippen LogP contribution < -0.4 is 68.6 Å². The first-order chi connectivity index (χ1) is 14.4. The zero-order valence-electron chi connectivity index (χ0n) is 21.5. The molecule has 2 rings (SSSR count). The van der Waals surface area contributed by atoms with Crippen LogP contribution in [0.3, 0.4) is 0 Å². The van der Waals surface area contributed by atoms with E-state index in [-0.39, 0.29) is 105 Å². The van der Waals surface area contributed by atoms with Crippen molar-refractivity contribution in [3.63, 3.8) is 0 Å². The van der Waals surface area contributed by atoms with Crippen molar-refractivity contribution in [1.82, 2.24) is 0 Å². The Morgan fingerprint density at radius 3 is 1.27 bits per heavy atom. The summed E-state index contributed by atoms with van der Waals surface area (Å²) in [5.74, 6) is 0.559. The molecule has 0 aliphatic carbocycles. The van der Waals surface area contributed by atoms with Gasteiger partial charge in [0.05, 0.1) is 24.7 Å². The summed E-state index contributed by atoms with van der Waals surface area (Å²) in [6.07, 6.45) is 0.409. The van der Waals surface area contributed by atoms with Gasteiger partial charge in [0.1, 0.15) is 11.5 Å². The van der Waals surface area contributed by atoms with Gasteiger partial charge in [-0.1, -0.05) is 38.1 Å². The Labute approximate surface area is 243 Å². The number of ether oxygens (including phenoxy) is 2. The second-order valence-corrected chi connectivity index (χ2v) is 10.8. The van der Waals surface area contributed by atoms with E-state index in [1.165, 1.54) is 0 Å². The molecule has 0 unspecified atom stereocenters. The van der Waals surface area contributed by atoms with Gasteiger partial charge >= 0.3 is 59.1 Å². The van der Waals surface area contributed by atoms with E-state index in [9.17, 15) is 16.8 Å². The zero-order chi connectivity index (χ0) is 23.1. The molecule has 2 aromatic carbocycles. The molecule has 0 bridgehead atoms. The van der Waals surface area contributed by atoms with Gasteiger partial charge in [0.2, 0.25) is 0 Å². The minimum Gasteiger partial charge on any atom is -1.00 e. The van der Waals surface area contributed by atoms with Crippen molar-refractivity contribution in [3.8, 4) is 11.5 Å². The van der Waals surface area contributed by atoms with Gasteiger partial charge < -0.3 is 12.3 Å². The van der Waals surface area contributed by atoms with Crippen LogP contribution in [0.25, 0.3) is 0 Å². The SMILES string of the molecule is CC(C)(c1ccc(OCCCS(=O)(=O)O)cc1)c1ccc(OCCCS(=O)(=O)O)cc1.[H-].[H-].[Na+].[Na+]. The molecular formula is C21H30Na2O8S2. The topological polar surface area (TPSA) is 127 Å². The van der Waals surface area contributed by atoms with Crippen molar-refractivity contribution in [3.05, 3.63) is 59.7 Å². The Kier molecular flexibility index (Phi) is 14.4. The quantitative estimate of drug-likeness (QED) is 0.180. The average Bonchev–Trinajstić information content (AvgIpc) is 2.68. The fourth-order valence-electron chi connectivity index (χ4n) is 2.97.